The molecule has 0 aliphatic heterocycles. The first kappa shape index (κ1) is 15.2. The van der Waals surface area contributed by atoms with Crippen molar-refractivity contribution in [2.45, 2.75) is 43.9 Å². The van der Waals surface area contributed by atoms with E-state index in [9.17, 15) is 4.79 Å². The molecule has 2 aromatic rings. The van der Waals surface area contributed by atoms with E-state index in [1.807, 2.05) is 38.2 Å². The van der Waals surface area contributed by atoms with Gasteiger partial charge in [0.1, 0.15) is 0 Å². The molecule has 0 bridgehead atoms. The highest BCUT2D eigenvalue weighted by Gasteiger charge is 2.29. The fraction of sp³-hybridized carbons (Fsp3) is 0.412. The monoisotopic (exact) mass is 315 g/mol. The van der Waals surface area contributed by atoms with Gasteiger partial charge in [0, 0.05) is 12.1 Å². The molecule has 1 aliphatic rings. The lowest BCUT2D eigenvalue weighted by Crippen LogP contribution is -2.31. The van der Waals surface area contributed by atoms with Gasteiger partial charge in [-0.1, -0.05) is 42.1 Å². The van der Waals surface area contributed by atoms with E-state index in [1.54, 1.807) is 0 Å². The van der Waals surface area contributed by atoms with Crippen LogP contribution in [-0.4, -0.2) is 27.3 Å². The summed E-state index contributed by atoms with van der Waals surface area (Å²) >= 11 is 1.52. The zero-order valence-electron chi connectivity index (χ0n) is 13.0. The van der Waals surface area contributed by atoms with Crippen LogP contribution in [0.4, 0.5) is 0 Å². The van der Waals surface area contributed by atoms with Gasteiger partial charge < -0.3 is 9.88 Å². The molecule has 0 spiro atoms. The van der Waals surface area contributed by atoms with Gasteiger partial charge >= 0.3 is 0 Å². The summed E-state index contributed by atoms with van der Waals surface area (Å²) in [5.41, 5.74) is 2.33. The minimum Gasteiger partial charge on any atom is -0.353 e. The van der Waals surface area contributed by atoms with Gasteiger partial charge in [0.05, 0.1) is 17.6 Å². The number of thioether (sulfide) groups is 1. The normalized spacial score (nSPS) is 14.3. The molecule has 1 amide bonds. The smallest absolute Gasteiger partial charge is 0.230 e. The van der Waals surface area contributed by atoms with E-state index in [2.05, 4.69) is 27.0 Å². The van der Waals surface area contributed by atoms with E-state index >= 15 is 0 Å². The predicted octanol–water partition coefficient (Wildman–Crippen LogP) is 3.50. The summed E-state index contributed by atoms with van der Waals surface area (Å²) < 4.78 is 2.29. The Morgan fingerprint density at radius 1 is 1.36 bits per heavy atom. The Labute approximate surface area is 135 Å². The first-order valence-electron chi connectivity index (χ1n) is 7.70. The van der Waals surface area contributed by atoms with Gasteiger partial charge in [0.2, 0.25) is 5.91 Å². The van der Waals surface area contributed by atoms with Gasteiger partial charge in [-0.05, 0) is 32.3 Å². The molecule has 1 aliphatic carbocycles. The molecule has 22 heavy (non-hydrogen) atoms. The van der Waals surface area contributed by atoms with Crippen molar-refractivity contribution in [3.05, 3.63) is 36.5 Å². The van der Waals surface area contributed by atoms with E-state index in [1.165, 1.54) is 30.2 Å². The molecular weight excluding hydrogens is 294 g/mol. The van der Waals surface area contributed by atoms with Crippen molar-refractivity contribution >= 4 is 17.7 Å². The Morgan fingerprint density at radius 2 is 2.09 bits per heavy atom. The second-order valence-electron chi connectivity index (χ2n) is 5.90. The number of imidazole rings is 1. The summed E-state index contributed by atoms with van der Waals surface area (Å²) in [4.78, 5) is 16.4. The average Bonchev–Trinajstić information content (AvgIpc) is 3.25. The highest BCUT2D eigenvalue weighted by molar-refractivity contribution is 7.99. The average molecular weight is 315 g/mol. The number of carbonyl (C=O) groups excluding carboxylic acids is 1. The van der Waals surface area contributed by atoms with Crippen LogP contribution in [0.25, 0.3) is 11.3 Å². The van der Waals surface area contributed by atoms with Crippen molar-refractivity contribution in [2.75, 3.05) is 5.75 Å². The van der Waals surface area contributed by atoms with Crippen LogP contribution < -0.4 is 5.32 Å². The SMILES string of the molecule is CC(C)NC(=O)CSc1ncc(-c2ccccc2)n1C1CC1. The van der Waals surface area contributed by atoms with E-state index in [-0.39, 0.29) is 11.9 Å². The van der Waals surface area contributed by atoms with E-state index < -0.39 is 0 Å². The molecule has 1 aromatic heterocycles. The molecule has 0 radical (unpaired) electrons. The molecule has 0 atom stereocenters. The fourth-order valence-corrected chi connectivity index (χ4v) is 3.31. The first-order valence-corrected chi connectivity index (χ1v) is 8.68. The van der Waals surface area contributed by atoms with Crippen LogP contribution in [0.5, 0.6) is 0 Å². The summed E-state index contributed by atoms with van der Waals surface area (Å²) in [5.74, 6) is 0.475. The number of carbonyl (C=O) groups is 1. The first-order chi connectivity index (χ1) is 10.6. The number of rotatable bonds is 6. The quantitative estimate of drug-likeness (QED) is 0.830. The molecule has 1 fully saturated rings. The highest BCUT2D eigenvalue weighted by atomic mass is 32.2. The highest BCUT2D eigenvalue weighted by Crippen LogP contribution is 2.41. The van der Waals surface area contributed by atoms with Crippen molar-refractivity contribution in [3.8, 4) is 11.3 Å². The van der Waals surface area contributed by atoms with Crippen molar-refractivity contribution < 1.29 is 4.79 Å². The molecule has 1 saturated carbocycles. The Morgan fingerprint density at radius 3 is 2.73 bits per heavy atom. The second-order valence-corrected chi connectivity index (χ2v) is 6.85. The molecule has 0 unspecified atom stereocenters. The Balaban J connectivity index is 1.78. The molecule has 116 valence electrons. The van der Waals surface area contributed by atoms with E-state index in [0.29, 0.717) is 11.8 Å². The zero-order chi connectivity index (χ0) is 15.5. The number of benzene rings is 1. The van der Waals surface area contributed by atoms with Gasteiger partial charge in [-0.2, -0.15) is 0 Å². The number of nitrogens with zero attached hydrogens (tertiary/aromatic N) is 2. The van der Waals surface area contributed by atoms with Crippen molar-refractivity contribution in [1.82, 2.24) is 14.9 Å². The number of amides is 1. The Hall–Kier alpha value is -1.75. The van der Waals surface area contributed by atoms with Gasteiger partial charge in [-0.3, -0.25) is 4.79 Å². The summed E-state index contributed by atoms with van der Waals surface area (Å²) in [6.07, 6.45) is 4.32. The van der Waals surface area contributed by atoms with Crippen LogP contribution in [0.3, 0.4) is 0 Å². The third-order valence-electron chi connectivity index (χ3n) is 3.53. The molecule has 1 heterocycles. The maximum Gasteiger partial charge on any atom is 0.230 e. The molecule has 1 aromatic carbocycles. The number of hydrogen-bond acceptors (Lipinski definition) is 3. The minimum atomic E-state index is 0.0617. The van der Waals surface area contributed by atoms with Crippen LogP contribution in [0.2, 0.25) is 0 Å². The van der Waals surface area contributed by atoms with Gasteiger partial charge in [0.25, 0.3) is 0 Å². The van der Waals surface area contributed by atoms with Crippen molar-refractivity contribution in [3.63, 3.8) is 0 Å². The standard InChI is InChI=1S/C17H21N3OS/c1-12(2)19-16(21)11-22-17-18-10-15(20(17)14-8-9-14)13-6-4-3-5-7-13/h3-7,10,12,14H,8-9,11H2,1-2H3,(H,19,21). The predicted molar refractivity (Wildman–Crippen MR) is 89.9 cm³/mol. The van der Waals surface area contributed by atoms with Crippen molar-refractivity contribution in [1.29, 1.82) is 0 Å². The fourth-order valence-electron chi connectivity index (χ4n) is 2.45. The molecule has 1 N–H and O–H groups in total. The van der Waals surface area contributed by atoms with E-state index in [4.69, 9.17) is 0 Å². The Kier molecular flexibility index (Phi) is 4.52. The number of nitrogens with one attached hydrogen (secondary N) is 1. The number of aromatic nitrogens is 2. The van der Waals surface area contributed by atoms with Crippen LogP contribution in [0, 0.1) is 0 Å². The van der Waals surface area contributed by atoms with Gasteiger partial charge in [-0.15, -0.1) is 0 Å². The topological polar surface area (TPSA) is 46.9 Å². The third-order valence-corrected chi connectivity index (χ3v) is 4.49. The summed E-state index contributed by atoms with van der Waals surface area (Å²) in [5, 5.41) is 3.86. The van der Waals surface area contributed by atoms with E-state index in [0.717, 1.165) is 10.9 Å². The summed E-state index contributed by atoms with van der Waals surface area (Å²) in [6, 6.07) is 11.0. The zero-order valence-corrected chi connectivity index (χ0v) is 13.8. The largest absolute Gasteiger partial charge is 0.353 e. The van der Waals surface area contributed by atoms with Gasteiger partial charge in [0.15, 0.2) is 5.16 Å². The molecule has 3 rings (SSSR count). The minimum absolute atomic E-state index is 0.0617. The van der Waals surface area contributed by atoms with Crippen LogP contribution in [0.15, 0.2) is 41.7 Å². The Bertz CT molecular complexity index is 647. The molecule has 0 saturated heterocycles. The van der Waals surface area contributed by atoms with Crippen LogP contribution in [-0.2, 0) is 4.79 Å². The maximum atomic E-state index is 11.8. The molecule has 5 heteroatoms. The second kappa shape index (κ2) is 6.57. The third kappa shape index (κ3) is 3.53. The van der Waals surface area contributed by atoms with Crippen molar-refractivity contribution in [2.24, 2.45) is 0 Å². The molecule has 4 nitrogen and oxygen atoms in total. The van der Waals surface area contributed by atoms with Crippen LogP contribution in [0.1, 0.15) is 32.7 Å². The summed E-state index contributed by atoms with van der Waals surface area (Å²) in [6.45, 7) is 3.95. The maximum absolute atomic E-state index is 11.8. The number of hydrogen-bond donors (Lipinski definition) is 1. The lowest BCUT2D eigenvalue weighted by molar-refractivity contribution is -0.119. The molecular formula is C17H21N3OS. The summed E-state index contributed by atoms with van der Waals surface area (Å²) in [7, 11) is 0. The van der Waals surface area contributed by atoms with Crippen LogP contribution >= 0.6 is 11.8 Å². The lowest BCUT2D eigenvalue weighted by atomic mass is 10.2. The van der Waals surface area contributed by atoms with Gasteiger partial charge in [-0.25, -0.2) is 4.98 Å². The lowest BCUT2D eigenvalue weighted by Gasteiger charge is -2.11.